The highest BCUT2D eigenvalue weighted by atomic mass is 16.2. The third kappa shape index (κ3) is 3.81. The van der Waals surface area contributed by atoms with E-state index in [1.54, 1.807) is 6.92 Å². The molecule has 1 aliphatic heterocycles. The van der Waals surface area contributed by atoms with E-state index < -0.39 is 0 Å². The zero-order valence-corrected chi connectivity index (χ0v) is 12.9. The number of nitrogens with one attached hydrogen (secondary N) is 1. The van der Waals surface area contributed by atoms with Gasteiger partial charge >= 0.3 is 0 Å². The first kappa shape index (κ1) is 15.5. The molecule has 4 nitrogen and oxygen atoms in total. The molecule has 0 bridgehead atoms. The van der Waals surface area contributed by atoms with E-state index in [9.17, 15) is 9.59 Å². The van der Waals surface area contributed by atoms with Crippen molar-refractivity contribution in [1.29, 1.82) is 0 Å². The van der Waals surface area contributed by atoms with Gasteiger partial charge in [-0.25, -0.2) is 0 Å². The summed E-state index contributed by atoms with van der Waals surface area (Å²) < 4.78 is 0. The van der Waals surface area contributed by atoms with E-state index in [-0.39, 0.29) is 11.8 Å². The average molecular weight is 280 g/mol. The Morgan fingerprint density at radius 2 is 1.55 bits per heavy atom. The second-order valence-corrected chi connectivity index (χ2v) is 6.32. The summed E-state index contributed by atoms with van der Waals surface area (Å²) in [4.78, 5) is 25.9. The van der Waals surface area contributed by atoms with Gasteiger partial charge in [0, 0.05) is 31.0 Å². The Morgan fingerprint density at radius 3 is 2.05 bits per heavy atom. The van der Waals surface area contributed by atoms with Crippen LogP contribution in [0.25, 0.3) is 0 Å². The highest BCUT2D eigenvalue weighted by Crippen LogP contribution is 2.31. The molecule has 1 amide bonds. The van der Waals surface area contributed by atoms with Gasteiger partial charge in [-0.3, -0.25) is 9.59 Å². The molecule has 2 fully saturated rings. The Kier molecular flexibility index (Phi) is 5.58. The van der Waals surface area contributed by atoms with E-state index in [2.05, 4.69) is 12.2 Å². The van der Waals surface area contributed by atoms with Crippen LogP contribution in [0.5, 0.6) is 0 Å². The Bertz CT molecular complexity index is 340. The fraction of sp³-hybridized carbons (Fsp3) is 0.875. The summed E-state index contributed by atoms with van der Waals surface area (Å²) in [6.07, 6.45) is 5.75. The number of Topliss-reactive ketones (excluding diaryl/α,β-unsaturated/α-hetero) is 1. The molecule has 0 atom stereocenters. The molecule has 1 aliphatic carbocycles. The third-order valence-electron chi connectivity index (χ3n) is 4.95. The lowest BCUT2D eigenvalue weighted by atomic mass is 9.79. The number of hydrogen-bond acceptors (Lipinski definition) is 3. The molecule has 114 valence electrons. The first-order valence-corrected chi connectivity index (χ1v) is 8.14. The van der Waals surface area contributed by atoms with E-state index in [1.165, 1.54) is 0 Å². The second-order valence-electron chi connectivity index (χ2n) is 6.32. The van der Waals surface area contributed by atoms with Gasteiger partial charge in [0.2, 0.25) is 5.91 Å². The number of hydrogen-bond donors (Lipinski definition) is 1. The molecule has 0 aromatic carbocycles. The minimum absolute atomic E-state index is 0.168. The lowest BCUT2D eigenvalue weighted by Gasteiger charge is -2.36. The van der Waals surface area contributed by atoms with Gasteiger partial charge in [0.15, 0.2) is 0 Å². The van der Waals surface area contributed by atoms with E-state index in [0.29, 0.717) is 17.7 Å². The number of piperidine rings is 1. The summed E-state index contributed by atoms with van der Waals surface area (Å²) in [5.74, 6) is 1.00. The van der Waals surface area contributed by atoms with Gasteiger partial charge in [-0.2, -0.15) is 0 Å². The summed E-state index contributed by atoms with van der Waals surface area (Å²) in [5.41, 5.74) is 0. The maximum atomic E-state index is 12.5. The van der Waals surface area contributed by atoms with Crippen LogP contribution in [0.15, 0.2) is 0 Å². The number of carbonyl (C=O) groups excluding carboxylic acids is 2. The van der Waals surface area contributed by atoms with Crippen LogP contribution >= 0.6 is 0 Å². The van der Waals surface area contributed by atoms with Crippen molar-refractivity contribution in [2.75, 3.05) is 19.6 Å². The summed E-state index contributed by atoms with van der Waals surface area (Å²) in [6.45, 7) is 6.60. The normalized spacial score (nSPS) is 28.4. The first-order valence-electron chi connectivity index (χ1n) is 8.14. The summed E-state index contributed by atoms with van der Waals surface area (Å²) in [5, 5.41) is 3.47. The predicted octanol–water partition coefficient (Wildman–Crippen LogP) is 1.98. The molecule has 20 heavy (non-hydrogen) atoms. The quantitative estimate of drug-likeness (QED) is 0.856. The number of nitrogens with zero attached hydrogens (tertiary/aromatic N) is 1. The second kappa shape index (κ2) is 7.21. The van der Waals surface area contributed by atoms with Crippen molar-refractivity contribution in [2.24, 2.45) is 11.8 Å². The average Bonchev–Trinajstić information content (AvgIpc) is 2.48. The number of ketones is 1. The number of rotatable bonds is 4. The Hall–Kier alpha value is -0.900. The highest BCUT2D eigenvalue weighted by molar-refractivity contribution is 5.81. The van der Waals surface area contributed by atoms with Crippen molar-refractivity contribution in [2.45, 2.75) is 58.4 Å². The highest BCUT2D eigenvalue weighted by Gasteiger charge is 2.32. The van der Waals surface area contributed by atoms with Crippen molar-refractivity contribution in [3.05, 3.63) is 0 Å². The van der Waals surface area contributed by atoms with Gasteiger partial charge in [0.1, 0.15) is 5.78 Å². The summed E-state index contributed by atoms with van der Waals surface area (Å²) in [6, 6.07) is 0.581. The van der Waals surface area contributed by atoms with E-state index in [4.69, 9.17) is 0 Å². The van der Waals surface area contributed by atoms with Crippen LogP contribution in [0.1, 0.15) is 52.4 Å². The fourth-order valence-electron chi connectivity index (χ4n) is 3.60. The molecule has 1 saturated carbocycles. The topological polar surface area (TPSA) is 49.4 Å². The molecule has 0 radical (unpaired) electrons. The van der Waals surface area contributed by atoms with Crippen molar-refractivity contribution < 1.29 is 9.59 Å². The zero-order valence-electron chi connectivity index (χ0n) is 12.9. The maximum absolute atomic E-state index is 12.5. The molecular weight excluding hydrogens is 252 g/mol. The third-order valence-corrected chi connectivity index (χ3v) is 4.95. The first-order chi connectivity index (χ1) is 9.61. The van der Waals surface area contributed by atoms with E-state index in [1.807, 2.05) is 4.90 Å². The molecule has 1 heterocycles. The van der Waals surface area contributed by atoms with Gasteiger partial charge < -0.3 is 10.2 Å². The molecule has 0 aromatic rings. The summed E-state index contributed by atoms with van der Waals surface area (Å²) in [7, 11) is 0. The van der Waals surface area contributed by atoms with Crippen LogP contribution in [-0.4, -0.2) is 42.3 Å². The molecule has 0 unspecified atom stereocenters. The van der Waals surface area contributed by atoms with Gasteiger partial charge in [-0.05, 0) is 52.0 Å². The minimum Gasteiger partial charge on any atom is -0.342 e. The molecular formula is C16H28N2O2. The van der Waals surface area contributed by atoms with Crippen LogP contribution in [0, 0.1) is 11.8 Å². The largest absolute Gasteiger partial charge is 0.342 e. The SMILES string of the molecule is CCNC1CCN(C(=O)C2CCC(C(C)=O)CC2)CC1. The van der Waals surface area contributed by atoms with Gasteiger partial charge in [-0.15, -0.1) is 0 Å². The van der Waals surface area contributed by atoms with Gasteiger partial charge in [-0.1, -0.05) is 6.92 Å². The smallest absolute Gasteiger partial charge is 0.225 e. The molecule has 0 aromatic heterocycles. The Labute approximate surface area is 122 Å². The number of carbonyl (C=O) groups is 2. The van der Waals surface area contributed by atoms with E-state index in [0.717, 1.165) is 58.2 Å². The molecule has 2 rings (SSSR count). The molecule has 1 N–H and O–H groups in total. The van der Waals surface area contributed by atoms with Crippen molar-refractivity contribution in [3.63, 3.8) is 0 Å². The van der Waals surface area contributed by atoms with Crippen molar-refractivity contribution >= 4 is 11.7 Å². The van der Waals surface area contributed by atoms with Crippen LogP contribution in [0.3, 0.4) is 0 Å². The van der Waals surface area contributed by atoms with Crippen LogP contribution in [0.4, 0.5) is 0 Å². The van der Waals surface area contributed by atoms with Gasteiger partial charge in [0.05, 0.1) is 0 Å². The van der Waals surface area contributed by atoms with Crippen LogP contribution in [0.2, 0.25) is 0 Å². The fourth-order valence-corrected chi connectivity index (χ4v) is 3.60. The monoisotopic (exact) mass is 280 g/mol. The van der Waals surface area contributed by atoms with Crippen LogP contribution in [-0.2, 0) is 9.59 Å². The molecule has 2 aliphatic rings. The zero-order chi connectivity index (χ0) is 14.5. The van der Waals surface area contributed by atoms with E-state index >= 15 is 0 Å². The molecule has 4 heteroatoms. The minimum atomic E-state index is 0.168. The van der Waals surface area contributed by atoms with Crippen molar-refractivity contribution in [3.8, 4) is 0 Å². The van der Waals surface area contributed by atoms with Crippen molar-refractivity contribution in [1.82, 2.24) is 10.2 Å². The predicted molar refractivity (Wildman–Crippen MR) is 79.4 cm³/mol. The lowest BCUT2D eigenvalue weighted by molar-refractivity contribution is -0.139. The Morgan fingerprint density at radius 1 is 1.00 bits per heavy atom. The van der Waals surface area contributed by atoms with Crippen LogP contribution < -0.4 is 5.32 Å². The standard InChI is InChI=1S/C16H28N2O2/c1-3-17-15-8-10-18(11-9-15)16(20)14-6-4-13(5-7-14)12(2)19/h13-15,17H,3-11H2,1-2H3. The lowest BCUT2D eigenvalue weighted by Crippen LogP contribution is -2.47. The molecule has 0 spiro atoms. The van der Waals surface area contributed by atoms with Gasteiger partial charge in [0.25, 0.3) is 0 Å². The maximum Gasteiger partial charge on any atom is 0.225 e. The summed E-state index contributed by atoms with van der Waals surface area (Å²) >= 11 is 0. The Balaban J connectivity index is 1.77. The number of amides is 1. The number of likely N-dealkylation sites (tertiary alicyclic amines) is 1. The molecule has 1 saturated heterocycles.